The molecule has 0 saturated heterocycles. The van der Waals surface area contributed by atoms with Crippen LogP contribution in [-0.4, -0.2) is 12.5 Å². The summed E-state index contributed by atoms with van der Waals surface area (Å²) < 4.78 is 0. The molecule has 0 bridgehead atoms. The molecule has 0 fully saturated rings. The maximum Gasteiger partial charge on any atom is 0.252 e. The van der Waals surface area contributed by atoms with Crippen molar-refractivity contribution < 1.29 is 4.79 Å². The van der Waals surface area contributed by atoms with Gasteiger partial charge in [0.25, 0.3) is 5.91 Å². The van der Waals surface area contributed by atoms with Gasteiger partial charge in [-0.15, -0.1) is 0 Å². The van der Waals surface area contributed by atoms with Crippen LogP contribution in [-0.2, 0) is 4.79 Å². The lowest BCUT2D eigenvalue weighted by atomic mass is 9.96. The molecule has 2 heteroatoms. The summed E-state index contributed by atoms with van der Waals surface area (Å²) in [4.78, 5) is 12.1. The highest BCUT2D eigenvalue weighted by Crippen LogP contribution is 2.30. The molecule has 0 aliphatic carbocycles. The molecular weight excluding hydrogens is 234 g/mol. The Morgan fingerprint density at radius 3 is 2.26 bits per heavy atom. The Kier molecular flexibility index (Phi) is 2.92. The number of benzene rings is 2. The number of rotatable bonds is 2. The van der Waals surface area contributed by atoms with Crippen LogP contribution in [0.2, 0.25) is 0 Å². The summed E-state index contributed by atoms with van der Waals surface area (Å²) in [5.74, 6) is 0.0155. The number of hydrogen-bond donors (Lipinski definition) is 1. The molecule has 0 spiro atoms. The third-order valence-corrected chi connectivity index (χ3v) is 3.42. The molecular formula is C17H15NO. The Labute approximate surface area is 112 Å². The van der Waals surface area contributed by atoms with Crippen LogP contribution in [0.15, 0.2) is 54.6 Å². The average molecular weight is 249 g/mol. The van der Waals surface area contributed by atoms with E-state index in [1.54, 1.807) is 0 Å². The predicted molar refractivity (Wildman–Crippen MR) is 77.4 cm³/mol. The van der Waals surface area contributed by atoms with Gasteiger partial charge < -0.3 is 5.32 Å². The first-order chi connectivity index (χ1) is 9.25. The van der Waals surface area contributed by atoms with E-state index in [4.69, 9.17) is 0 Å². The Hall–Kier alpha value is -2.35. The SMILES string of the molecule is Cc1ccc(C2=C(c3ccccc3)C(=O)NC2)cc1. The van der Waals surface area contributed by atoms with Crippen LogP contribution in [0.5, 0.6) is 0 Å². The van der Waals surface area contributed by atoms with E-state index in [9.17, 15) is 4.79 Å². The smallest absolute Gasteiger partial charge is 0.252 e. The van der Waals surface area contributed by atoms with Gasteiger partial charge in [-0.2, -0.15) is 0 Å². The zero-order chi connectivity index (χ0) is 13.2. The Morgan fingerprint density at radius 1 is 0.895 bits per heavy atom. The van der Waals surface area contributed by atoms with Gasteiger partial charge in [-0.05, 0) is 23.6 Å². The lowest BCUT2D eigenvalue weighted by Gasteiger charge is -2.06. The van der Waals surface area contributed by atoms with Crippen molar-refractivity contribution in [1.82, 2.24) is 5.32 Å². The first kappa shape index (κ1) is 11.7. The van der Waals surface area contributed by atoms with E-state index in [0.717, 1.165) is 22.3 Å². The van der Waals surface area contributed by atoms with Gasteiger partial charge in [0.05, 0.1) is 5.57 Å². The van der Waals surface area contributed by atoms with E-state index < -0.39 is 0 Å². The maximum absolute atomic E-state index is 12.1. The highest BCUT2D eigenvalue weighted by Gasteiger charge is 2.24. The summed E-state index contributed by atoms with van der Waals surface area (Å²) in [6.07, 6.45) is 0. The third-order valence-electron chi connectivity index (χ3n) is 3.42. The maximum atomic E-state index is 12.1. The fourth-order valence-corrected chi connectivity index (χ4v) is 2.39. The second-order valence-electron chi connectivity index (χ2n) is 4.77. The van der Waals surface area contributed by atoms with Crippen molar-refractivity contribution in [2.24, 2.45) is 0 Å². The minimum absolute atomic E-state index is 0.0155. The summed E-state index contributed by atoms with van der Waals surface area (Å²) in [5.41, 5.74) is 5.19. The number of hydrogen-bond acceptors (Lipinski definition) is 1. The van der Waals surface area contributed by atoms with E-state index in [0.29, 0.717) is 6.54 Å². The second-order valence-corrected chi connectivity index (χ2v) is 4.77. The Balaban J connectivity index is 2.13. The molecule has 1 aliphatic heterocycles. The fourth-order valence-electron chi connectivity index (χ4n) is 2.39. The third kappa shape index (κ3) is 2.17. The topological polar surface area (TPSA) is 29.1 Å². The van der Waals surface area contributed by atoms with Crippen molar-refractivity contribution in [2.75, 3.05) is 6.54 Å². The summed E-state index contributed by atoms with van der Waals surface area (Å²) >= 11 is 0. The molecule has 0 aromatic heterocycles. The molecule has 2 aromatic carbocycles. The molecule has 3 rings (SSSR count). The van der Waals surface area contributed by atoms with Crippen molar-refractivity contribution in [2.45, 2.75) is 6.92 Å². The van der Waals surface area contributed by atoms with Crippen molar-refractivity contribution in [3.8, 4) is 0 Å². The molecule has 2 nitrogen and oxygen atoms in total. The predicted octanol–water partition coefficient (Wildman–Crippen LogP) is 3.04. The van der Waals surface area contributed by atoms with Gasteiger partial charge in [-0.1, -0.05) is 60.2 Å². The van der Waals surface area contributed by atoms with Gasteiger partial charge in [0.2, 0.25) is 0 Å². The van der Waals surface area contributed by atoms with E-state index in [2.05, 4.69) is 36.5 Å². The summed E-state index contributed by atoms with van der Waals surface area (Å²) in [6.45, 7) is 2.67. The van der Waals surface area contributed by atoms with Gasteiger partial charge in [-0.3, -0.25) is 4.79 Å². The molecule has 1 aliphatic rings. The van der Waals surface area contributed by atoms with Crippen LogP contribution in [0, 0.1) is 6.92 Å². The van der Waals surface area contributed by atoms with E-state index in [-0.39, 0.29) is 5.91 Å². The molecule has 0 saturated carbocycles. The monoisotopic (exact) mass is 249 g/mol. The Bertz CT molecular complexity index is 639. The highest BCUT2D eigenvalue weighted by molar-refractivity contribution is 6.30. The minimum atomic E-state index is 0.0155. The zero-order valence-electron chi connectivity index (χ0n) is 10.8. The van der Waals surface area contributed by atoms with Crippen LogP contribution in [0.4, 0.5) is 0 Å². The molecule has 0 unspecified atom stereocenters. The van der Waals surface area contributed by atoms with E-state index in [1.807, 2.05) is 30.3 Å². The van der Waals surface area contributed by atoms with Crippen molar-refractivity contribution in [3.05, 3.63) is 71.3 Å². The van der Waals surface area contributed by atoms with Crippen molar-refractivity contribution in [3.63, 3.8) is 0 Å². The second kappa shape index (κ2) is 4.73. The Morgan fingerprint density at radius 2 is 1.58 bits per heavy atom. The molecule has 19 heavy (non-hydrogen) atoms. The summed E-state index contributed by atoms with van der Waals surface area (Å²) in [6, 6.07) is 18.1. The lowest BCUT2D eigenvalue weighted by molar-refractivity contribution is -0.114. The van der Waals surface area contributed by atoms with Crippen LogP contribution < -0.4 is 5.32 Å². The van der Waals surface area contributed by atoms with E-state index in [1.165, 1.54) is 5.56 Å². The molecule has 94 valence electrons. The quantitative estimate of drug-likeness (QED) is 0.870. The number of amides is 1. The standard InChI is InChI=1S/C17H15NO/c1-12-7-9-13(10-8-12)15-11-18-17(19)16(15)14-5-3-2-4-6-14/h2-10H,11H2,1H3,(H,18,19). The first-order valence-corrected chi connectivity index (χ1v) is 6.39. The molecule has 0 radical (unpaired) electrons. The molecule has 1 N–H and O–H groups in total. The lowest BCUT2D eigenvalue weighted by Crippen LogP contribution is -2.16. The number of carbonyl (C=O) groups is 1. The molecule has 2 aromatic rings. The van der Waals surface area contributed by atoms with Gasteiger partial charge in [0, 0.05) is 6.54 Å². The zero-order valence-corrected chi connectivity index (χ0v) is 10.8. The summed E-state index contributed by atoms with van der Waals surface area (Å²) in [5, 5.41) is 2.92. The average Bonchev–Trinajstić information content (AvgIpc) is 2.82. The number of carbonyl (C=O) groups excluding carboxylic acids is 1. The first-order valence-electron chi connectivity index (χ1n) is 6.39. The fraction of sp³-hybridized carbons (Fsp3) is 0.118. The van der Waals surface area contributed by atoms with Crippen molar-refractivity contribution in [1.29, 1.82) is 0 Å². The van der Waals surface area contributed by atoms with E-state index >= 15 is 0 Å². The molecule has 1 amide bonds. The summed E-state index contributed by atoms with van der Waals surface area (Å²) in [7, 11) is 0. The number of aryl methyl sites for hydroxylation is 1. The van der Waals surface area contributed by atoms with Gasteiger partial charge >= 0.3 is 0 Å². The van der Waals surface area contributed by atoms with Gasteiger partial charge in [-0.25, -0.2) is 0 Å². The van der Waals surface area contributed by atoms with Crippen LogP contribution >= 0.6 is 0 Å². The van der Waals surface area contributed by atoms with Crippen LogP contribution in [0.25, 0.3) is 11.1 Å². The normalized spacial score (nSPS) is 14.7. The largest absolute Gasteiger partial charge is 0.348 e. The molecule has 1 heterocycles. The molecule has 0 atom stereocenters. The number of nitrogens with one attached hydrogen (secondary N) is 1. The van der Waals surface area contributed by atoms with Crippen LogP contribution in [0.3, 0.4) is 0 Å². The van der Waals surface area contributed by atoms with Gasteiger partial charge in [0.15, 0.2) is 0 Å². The highest BCUT2D eigenvalue weighted by atomic mass is 16.1. The van der Waals surface area contributed by atoms with Crippen LogP contribution in [0.1, 0.15) is 16.7 Å². The minimum Gasteiger partial charge on any atom is -0.348 e. The van der Waals surface area contributed by atoms with Crippen molar-refractivity contribution >= 4 is 17.1 Å². The van der Waals surface area contributed by atoms with Gasteiger partial charge in [0.1, 0.15) is 0 Å².